The number of carbonyl (C=O) groups excluding carboxylic acids is 1. The molecule has 0 aliphatic carbocycles. The second-order valence-electron chi connectivity index (χ2n) is 5.21. The highest BCUT2D eigenvalue weighted by molar-refractivity contribution is 6.01. The van der Waals surface area contributed by atoms with Crippen LogP contribution in [0, 0.1) is 11.3 Å². The second-order valence-corrected chi connectivity index (χ2v) is 5.21. The van der Waals surface area contributed by atoms with E-state index in [0.717, 1.165) is 16.5 Å². The number of carbonyl (C=O) groups is 1. The van der Waals surface area contributed by atoms with Crippen molar-refractivity contribution >= 4 is 22.9 Å². The van der Waals surface area contributed by atoms with Gasteiger partial charge in [0.05, 0.1) is 18.9 Å². The van der Waals surface area contributed by atoms with Gasteiger partial charge in [-0.15, -0.1) is 0 Å². The van der Waals surface area contributed by atoms with Gasteiger partial charge in [0.25, 0.3) is 5.91 Å². The molecular formula is C19H15N3O3. The van der Waals surface area contributed by atoms with Gasteiger partial charge in [0, 0.05) is 24.1 Å². The molecule has 2 heterocycles. The standard InChI is InChI=1S/C19H15N3O3/c1-24-18-10-14(16-6-2-3-7-17(16)22-18)12-21-19(23)13(11-20)9-15-5-4-8-25-15/h2-10H,12H2,1H3,(H,21,23). The number of rotatable bonds is 5. The number of aromatic nitrogens is 1. The normalized spacial score (nSPS) is 11.1. The largest absolute Gasteiger partial charge is 0.481 e. The molecule has 124 valence electrons. The minimum Gasteiger partial charge on any atom is -0.481 e. The summed E-state index contributed by atoms with van der Waals surface area (Å²) in [5.41, 5.74) is 1.60. The molecule has 0 atom stereocenters. The first-order valence-corrected chi connectivity index (χ1v) is 7.57. The maximum absolute atomic E-state index is 12.3. The molecule has 0 saturated heterocycles. The van der Waals surface area contributed by atoms with Crippen LogP contribution < -0.4 is 10.1 Å². The number of para-hydroxylation sites is 1. The molecule has 0 aliphatic heterocycles. The number of ether oxygens (including phenoxy) is 1. The predicted molar refractivity (Wildman–Crippen MR) is 92.4 cm³/mol. The van der Waals surface area contributed by atoms with Gasteiger partial charge in [-0.3, -0.25) is 4.79 Å². The number of methoxy groups -OCH3 is 1. The van der Waals surface area contributed by atoms with E-state index in [0.29, 0.717) is 11.6 Å². The molecule has 1 aromatic carbocycles. The number of nitrogens with zero attached hydrogens (tertiary/aromatic N) is 2. The van der Waals surface area contributed by atoms with Gasteiger partial charge in [-0.1, -0.05) is 18.2 Å². The van der Waals surface area contributed by atoms with Crippen LogP contribution in [-0.4, -0.2) is 18.0 Å². The monoisotopic (exact) mass is 333 g/mol. The summed E-state index contributed by atoms with van der Waals surface area (Å²) in [4.78, 5) is 16.6. The zero-order chi connectivity index (χ0) is 17.6. The second kappa shape index (κ2) is 7.32. The van der Waals surface area contributed by atoms with Crippen molar-refractivity contribution in [1.29, 1.82) is 5.26 Å². The van der Waals surface area contributed by atoms with E-state index >= 15 is 0 Å². The van der Waals surface area contributed by atoms with Crippen LogP contribution in [0.15, 0.2) is 58.7 Å². The summed E-state index contributed by atoms with van der Waals surface area (Å²) in [6, 6.07) is 14.6. The number of hydrogen-bond acceptors (Lipinski definition) is 5. The molecule has 0 spiro atoms. The molecule has 0 saturated carbocycles. The minimum atomic E-state index is -0.473. The van der Waals surface area contributed by atoms with Crippen LogP contribution in [0.1, 0.15) is 11.3 Å². The summed E-state index contributed by atoms with van der Waals surface area (Å²) in [7, 11) is 1.54. The fourth-order valence-electron chi connectivity index (χ4n) is 2.41. The molecule has 6 nitrogen and oxygen atoms in total. The number of nitriles is 1. The van der Waals surface area contributed by atoms with Gasteiger partial charge >= 0.3 is 0 Å². The predicted octanol–water partition coefficient (Wildman–Crippen LogP) is 3.06. The molecule has 6 heteroatoms. The number of hydrogen-bond donors (Lipinski definition) is 1. The Balaban J connectivity index is 1.82. The molecule has 3 aromatic rings. The van der Waals surface area contributed by atoms with Crippen molar-refractivity contribution in [3.8, 4) is 11.9 Å². The zero-order valence-corrected chi connectivity index (χ0v) is 13.5. The Kier molecular flexibility index (Phi) is 4.77. The Labute approximate surface area is 144 Å². The number of furan rings is 1. The third kappa shape index (κ3) is 3.67. The van der Waals surface area contributed by atoms with Crippen LogP contribution >= 0.6 is 0 Å². The molecule has 0 radical (unpaired) electrons. The highest BCUT2D eigenvalue weighted by Crippen LogP contribution is 2.21. The maximum atomic E-state index is 12.3. The molecule has 25 heavy (non-hydrogen) atoms. The summed E-state index contributed by atoms with van der Waals surface area (Å²) >= 11 is 0. The number of nitrogens with one attached hydrogen (secondary N) is 1. The van der Waals surface area contributed by atoms with E-state index < -0.39 is 5.91 Å². The Bertz CT molecular complexity index is 969. The van der Waals surface area contributed by atoms with Crippen LogP contribution in [0.5, 0.6) is 5.88 Å². The van der Waals surface area contributed by atoms with Gasteiger partial charge in [-0.2, -0.15) is 5.26 Å². The van der Waals surface area contributed by atoms with Crippen LogP contribution in [0.3, 0.4) is 0 Å². The summed E-state index contributed by atoms with van der Waals surface area (Å²) in [5, 5.41) is 12.9. The van der Waals surface area contributed by atoms with Crippen LogP contribution in [0.2, 0.25) is 0 Å². The Morgan fingerprint density at radius 2 is 2.20 bits per heavy atom. The molecular weight excluding hydrogens is 318 g/mol. The maximum Gasteiger partial charge on any atom is 0.262 e. The van der Waals surface area contributed by atoms with Crippen molar-refractivity contribution in [2.24, 2.45) is 0 Å². The lowest BCUT2D eigenvalue weighted by Crippen LogP contribution is -2.24. The van der Waals surface area contributed by atoms with Gasteiger partial charge in [-0.25, -0.2) is 4.98 Å². The van der Waals surface area contributed by atoms with Gasteiger partial charge in [0.2, 0.25) is 5.88 Å². The summed E-state index contributed by atoms with van der Waals surface area (Å²) < 4.78 is 10.3. The molecule has 0 unspecified atom stereocenters. The van der Waals surface area contributed by atoms with Crippen LogP contribution in [0.25, 0.3) is 17.0 Å². The summed E-state index contributed by atoms with van der Waals surface area (Å²) in [6.45, 7) is 0.245. The highest BCUT2D eigenvalue weighted by atomic mass is 16.5. The van der Waals surface area contributed by atoms with E-state index in [4.69, 9.17) is 9.15 Å². The van der Waals surface area contributed by atoms with Crippen molar-refractivity contribution < 1.29 is 13.9 Å². The molecule has 2 aromatic heterocycles. The molecule has 1 N–H and O–H groups in total. The quantitative estimate of drug-likeness (QED) is 0.572. The minimum absolute atomic E-state index is 0.0275. The number of fused-ring (bicyclic) bond motifs is 1. The van der Waals surface area contributed by atoms with E-state index in [1.54, 1.807) is 25.3 Å². The molecule has 0 fully saturated rings. The lowest BCUT2D eigenvalue weighted by Gasteiger charge is -2.10. The van der Waals surface area contributed by atoms with Gasteiger partial charge < -0.3 is 14.5 Å². The van der Waals surface area contributed by atoms with E-state index in [9.17, 15) is 10.1 Å². The Hall–Kier alpha value is -3.59. The first-order valence-electron chi connectivity index (χ1n) is 7.57. The van der Waals surface area contributed by atoms with Crippen LogP contribution in [-0.2, 0) is 11.3 Å². The van der Waals surface area contributed by atoms with Crippen LogP contribution in [0.4, 0.5) is 0 Å². The molecule has 1 amide bonds. The number of pyridine rings is 1. The van der Waals surface area contributed by atoms with Crippen molar-refractivity contribution in [2.75, 3.05) is 7.11 Å². The van der Waals surface area contributed by atoms with Crippen molar-refractivity contribution in [1.82, 2.24) is 10.3 Å². The topological polar surface area (TPSA) is 88.1 Å². The van der Waals surface area contributed by atoms with E-state index in [1.165, 1.54) is 12.3 Å². The summed E-state index contributed by atoms with van der Waals surface area (Å²) in [5.74, 6) is 0.441. The Morgan fingerprint density at radius 3 is 2.92 bits per heavy atom. The van der Waals surface area contributed by atoms with Gasteiger partial charge in [0.15, 0.2) is 0 Å². The van der Waals surface area contributed by atoms with E-state index in [2.05, 4.69) is 10.3 Å². The van der Waals surface area contributed by atoms with Crippen molar-refractivity contribution in [3.63, 3.8) is 0 Å². The smallest absolute Gasteiger partial charge is 0.262 e. The van der Waals surface area contributed by atoms with Gasteiger partial charge in [-0.05, 0) is 23.8 Å². The highest BCUT2D eigenvalue weighted by Gasteiger charge is 2.12. The fraction of sp³-hybridized carbons (Fsp3) is 0.105. The number of amides is 1. The number of benzene rings is 1. The third-order valence-corrected chi connectivity index (χ3v) is 3.62. The average molecular weight is 333 g/mol. The van der Waals surface area contributed by atoms with Crippen molar-refractivity contribution in [3.05, 3.63) is 65.6 Å². The third-order valence-electron chi connectivity index (χ3n) is 3.62. The lowest BCUT2D eigenvalue weighted by molar-refractivity contribution is -0.117. The molecule has 3 rings (SSSR count). The first kappa shape index (κ1) is 16.3. The molecule has 0 aliphatic rings. The lowest BCUT2D eigenvalue weighted by atomic mass is 10.1. The van der Waals surface area contributed by atoms with Crippen molar-refractivity contribution in [2.45, 2.75) is 6.54 Å². The fourth-order valence-corrected chi connectivity index (χ4v) is 2.41. The first-order chi connectivity index (χ1) is 12.2. The molecule has 0 bridgehead atoms. The Morgan fingerprint density at radius 1 is 1.36 bits per heavy atom. The van der Waals surface area contributed by atoms with Gasteiger partial charge in [0.1, 0.15) is 17.4 Å². The SMILES string of the molecule is COc1cc(CNC(=O)C(C#N)=Cc2ccco2)c2ccccc2n1. The average Bonchev–Trinajstić information content (AvgIpc) is 3.16. The summed E-state index contributed by atoms with van der Waals surface area (Å²) in [6.07, 6.45) is 2.88. The van der Waals surface area contributed by atoms with E-state index in [1.807, 2.05) is 30.3 Å². The zero-order valence-electron chi connectivity index (χ0n) is 13.5. The van der Waals surface area contributed by atoms with E-state index in [-0.39, 0.29) is 12.1 Å².